The molecule has 0 aromatic heterocycles. The minimum Gasteiger partial charge on any atom is -0.311 e. The summed E-state index contributed by atoms with van der Waals surface area (Å²) in [5, 5.41) is 5.08. The fraction of sp³-hybridized carbons (Fsp3) is 0. The zero-order chi connectivity index (χ0) is 38.0. The van der Waals surface area contributed by atoms with Crippen LogP contribution in [-0.4, -0.2) is 0 Å². The van der Waals surface area contributed by atoms with Crippen LogP contribution in [0.1, 0.15) is 0 Å². The van der Waals surface area contributed by atoms with Crippen LogP contribution in [0.4, 0.5) is 17.1 Å². The molecule has 0 fully saturated rings. The third kappa shape index (κ3) is 6.46. The van der Waals surface area contributed by atoms with E-state index in [-0.39, 0.29) is 0 Å². The van der Waals surface area contributed by atoms with Gasteiger partial charge in [-0.25, -0.2) is 0 Å². The van der Waals surface area contributed by atoms with E-state index in [1.807, 2.05) is 0 Å². The minimum atomic E-state index is 1.10. The smallest absolute Gasteiger partial charge is 0.0462 e. The van der Waals surface area contributed by atoms with Gasteiger partial charge in [-0.2, -0.15) is 0 Å². The van der Waals surface area contributed by atoms with E-state index in [0.717, 1.165) is 17.1 Å². The maximum Gasteiger partial charge on any atom is 0.0462 e. The van der Waals surface area contributed by atoms with Crippen LogP contribution in [0.3, 0.4) is 0 Å². The Labute approximate surface area is 334 Å². The molecule has 1 nitrogen and oxygen atoms in total. The standard InChI is InChI=1S/C56H39N/c1-3-17-40(18-4-1)47-22-9-11-25-50(47)53-28-14-15-29-54(53)51-26-12-10-23-48(51)41-31-35-45(36-32-41)57(44-20-5-2-6-21-44)46-37-33-42(34-38-46)56-39-43-19-7-8-24-49(43)52-27-13-16-30-55(52)56/h1-39H. The predicted octanol–water partition coefficient (Wildman–Crippen LogP) is 15.8. The minimum absolute atomic E-state index is 1.10. The van der Waals surface area contributed by atoms with Gasteiger partial charge in [0.1, 0.15) is 0 Å². The van der Waals surface area contributed by atoms with Crippen LogP contribution in [0.15, 0.2) is 237 Å². The van der Waals surface area contributed by atoms with Crippen LogP contribution >= 0.6 is 0 Å². The van der Waals surface area contributed by atoms with Crippen LogP contribution in [-0.2, 0) is 0 Å². The Kier molecular flexibility index (Phi) is 8.95. The number of fused-ring (bicyclic) bond motifs is 3. The van der Waals surface area contributed by atoms with Gasteiger partial charge in [0.15, 0.2) is 0 Å². The second kappa shape index (κ2) is 15.0. The number of anilines is 3. The quantitative estimate of drug-likeness (QED) is 0.141. The summed E-state index contributed by atoms with van der Waals surface area (Å²) in [6.45, 7) is 0. The molecule has 0 saturated carbocycles. The van der Waals surface area contributed by atoms with Crippen molar-refractivity contribution in [2.45, 2.75) is 0 Å². The third-order valence-corrected chi connectivity index (χ3v) is 11.1. The van der Waals surface area contributed by atoms with Crippen molar-refractivity contribution < 1.29 is 0 Å². The van der Waals surface area contributed by atoms with Crippen molar-refractivity contribution in [3.05, 3.63) is 237 Å². The maximum atomic E-state index is 2.34. The summed E-state index contributed by atoms with van der Waals surface area (Å²) in [5.41, 5.74) is 15.4. The van der Waals surface area contributed by atoms with Crippen LogP contribution in [0, 0.1) is 0 Å². The lowest BCUT2D eigenvalue weighted by molar-refractivity contribution is 1.28. The summed E-state index contributed by atoms with van der Waals surface area (Å²) in [6.07, 6.45) is 0. The summed E-state index contributed by atoms with van der Waals surface area (Å²) >= 11 is 0. The van der Waals surface area contributed by atoms with Crippen LogP contribution < -0.4 is 4.90 Å². The summed E-state index contributed by atoms with van der Waals surface area (Å²) in [6, 6.07) is 85.5. The first-order valence-corrected chi connectivity index (χ1v) is 19.6. The van der Waals surface area contributed by atoms with Crippen molar-refractivity contribution >= 4 is 38.6 Å². The Morgan fingerprint density at radius 2 is 0.561 bits per heavy atom. The van der Waals surface area contributed by atoms with E-state index in [2.05, 4.69) is 241 Å². The molecule has 0 unspecified atom stereocenters. The number of benzene rings is 10. The topological polar surface area (TPSA) is 3.24 Å². The summed E-state index contributed by atoms with van der Waals surface area (Å²) in [5.74, 6) is 0. The fourth-order valence-corrected chi connectivity index (χ4v) is 8.41. The highest BCUT2D eigenvalue weighted by Crippen LogP contribution is 2.43. The maximum absolute atomic E-state index is 2.34. The summed E-state index contributed by atoms with van der Waals surface area (Å²) in [4.78, 5) is 2.34. The highest BCUT2D eigenvalue weighted by atomic mass is 15.1. The highest BCUT2D eigenvalue weighted by Gasteiger charge is 2.17. The van der Waals surface area contributed by atoms with Gasteiger partial charge in [-0.3, -0.25) is 0 Å². The SMILES string of the molecule is c1ccc(-c2ccccc2-c2ccccc2-c2ccccc2-c2ccc(N(c3ccccc3)c3ccc(-c4cc5ccccc5c5ccccc45)cc3)cc2)cc1. The van der Waals surface area contributed by atoms with Crippen LogP contribution in [0.25, 0.3) is 77.2 Å². The Morgan fingerprint density at radius 3 is 1.11 bits per heavy atom. The number of hydrogen-bond donors (Lipinski definition) is 0. The average Bonchev–Trinajstić information content (AvgIpc) is 3.30. The Balaban J connectivity index is 1.02. The van der Waals surface area contributed by atoms with Gasteiger partial charge in [0, 0.05) is 17.1 Å². The number of rotatable bonds is 8. The van der Waals surface area contributed by atoms with Crippen molar-refractivity contribution in [1.82, 2.24) is 0 Å². The molecule has 0 aliphatic heterocycles. The van der Waals surface area contributed by atoms with E-state index < -0.39 is 0 Å². The van der Waals surface area contributed by atoms with Crippen molar-refractivity contribution in [2.24, 2.45) is 0 Å². The van der Waals surface area contributed by atoms with Crippen molar-refractivity contribution in [3.8, 4) is 55.6 Å². The molecule has 0 amide bonds. The molecule has 268 valence electrons. The number of hydrogen-bond acceptors (Lipinski definition) is 1. The van der Waals surface area contributed by atoms with Crippen molar-refractivity contribution in [3.63, 3.8) is 0 Å². The molecule has 0 aliphatic rings. The zero-order valence-electron chi connectivity index (χ0n) is 31.5. The van der Waals surface area contributed by atoms with E-state index in [1.165, 1.54) is 77.2 Å². The van der Waals surface area contributed by atoms with Crippen LogP contribution in [0.2, 0.25) is 0 Å². The van der Waals surface area contributed by atoms with Gasteiger partial charge in [0.05, 0.1) is 0 Å². The van der Waals surface area contributed by atoms with Gasteiger partial charge < -0.3 is 4.90 Å². The second-order valence-electron chi connectivity index (χ2n) is 14.5. The first-order chi connectivity index (χ1) is 28.3. The van der Waals surface area contributed by atoms with Crippen molar-refractivity contribution in [2.75, 3.05) is 4.90 Å². The van der Waals surface area contributed by atoms with Gasteiger partial charge in [-0.1, -0.05) is 194 Å². The molecule has 57 heavy (non-hydrogen) atoms. The zero-order valence-corrected chi connectivity index (χ0v) is 31.5. The third-order valence-electron chi connectivity index (χ3n) is 11.1. The molecule has 0 atom stereocenters. The summed E-state index contributed by atoms with van der Waals surface area (Å²) in [7, 11) is 0. The lowest BCUT2D eigenvalue weighted by atomic mass is 9.87. The monoisotopic (exact) mass is 725 g/mol. The lowest BCUT2D eigenvalue weighted by Gasteiger charge is -2.26. The molecule has 0 heterocycles. The second-order valence-corrected chi connectivity index (χ2v) is 14.5. The molecular weight excluding hydrogens is 687 g/mol. The van der Waals surface area contributed by atoms with E-state index in [0.29, 0.717) is 0 Å². The first-order valence-electron chi connectivity index (χ1n) is 19.6. The van der Waals surface area contributed by atoms with E-state index in [4.69, 9.17) is 0 Å². The molecule has 0 N–H and O–H groups in total. The van der Waals surface area contributed by atoms with Gasteiger partial charge in [-0.05, 0) is 120 Å². The molecule has 0 saturated heterocycles. The normalized spacial score (nSPS) is 11.2. The van der Waals surface area contributed by atoms with E-state index in [1.54, 1.807) is 0 Å². The van der Waals surface area contributed by atoms with Gasteiger partial charge in [0.2, 0.25) is 0 Å². The molecule has 10 aromatic carbocycles. The van der Waals surface area contributed by atoms with E-state index >= 15 is 0 Å². The number of para-hydroxylation sites is 1. The summed E-state index contributed by atoms with van der Waals surface area (Å²) < 4.78 is 0. The molecule has 0 spiro atoms. The fourth-order valence-electron chi connectivity index (χ4n) is 8.41. The molecule has 10 aromatic rings. The Hall–Kier alpha value is -7.48. The molecular formula is C56H39N. The van der Waals surface area contributed by atoms with Gasteiger partial charge >= 0.3 is 0 Å². The Morgan fingerprint density at radius 1 is 0.211 bits per heavy atom. The highest BCUT2D eigenvalue weighted by molar-refractivity contribution is 6.13. The molecule has 0 aliphatic carbocycles. The van der Waals surface area contributed by atoms with Gasteiger partial charge in [0.25, 0.3) is 0 Å². The molecule has 10 rings (SSSR count). The molecule has 1 heteroatoms. The lowest BCUT2D eigenvalue weighted by Crippen LogP contribution is -2.09. The largest absolute Gasteiger partial charge is 0.311 e. The van der Waals surface area contributed by atoms with E-state index in [9.17, 15) is 0 Å². The van der Waals surface area contributed by atoms with Crippen LogP contribution in [0.5, 0.6) is 0 Å². The van der Waals surface area contributed by atoms with Gasteiger partial charge in [-0.15, -0.1) is 0 Å². The predicted molar refractivity (Wildman–Crippen MR) is 243 cm³/mol. The first kappa shape index (κ1) is 34.0. The number of nitrogens with zero attached hydrogens (tertiary/aromatic N) is 1. The Bertz CT molecular complexity index is 2980. The molecule has 0 bridgehead atoms. The van der Waals surface area contributed by atoms with Crippen molar-refractivity contribution in [1.29, 1.82) is 0 Å². The molecule has 0 radical (unpaired) electrons. The average molecular weight is 726 g/mol.